The van der Waals surface area contributed by atoms with Gasteiger partial charge in [-0.25, -0.2) is 4.79 Å². The Morgan fingerprint density at radius 1 is 0.920 bits per heavy atom. The second kappa shape index (κ2) is 6.83. The number of benzene rings is 2. The van der Waals surface area contributed by atoms with Crippen molar-refractivity contribution < 1.29 is 9.59 Å². The van der Waals surface area contributed by atoms with Crippen molar-refractivity contribution in [1.82, 2.24) is 15.0 Å². The summed E-state index contributed by atoms with van der Waals surface area (Å²) in [5.74, 6) is -0.365. The van der Waals surface area contributed by atoms with Crippen LogP contribution in [0, 0.1) is 6.92 Å². The molecule has 8 nitrogen and oxygen atoms in total. The highest BCUT2D eigenvalue weighted by atomic mass is 16.2. The van der Waals surface area contributed by atoms with E-state index in [1.807, 2.05) is 30.3 Å². The summed E-state index contributed by atoms with van der Waals surface area (Å²) >= 11 is 0. The van der Waals surface area contributed by atoms with Gasteiger partial charge in [-0.05, 0) is 43.3 Å². The topological polar surface area (TPSA) is 115 Å². The zero-order valence-electron chi connectivity index (χ0n) is 13.4. The van der Waals surface area contributed by atoms with Crippen LogP contribution in [0.5, 0.6) is 0 Å². The fraction of sp³-hybridized carbons (Fsp3) is 0.0588. The van der Waals surface area contributed by atoms with Gasteiger partial charge >= 0.3 is 6.03 Å². The number of aryl methyl sites for hydroxylation is 1. The van der Waals surface area contributed by atoms with Crippen molar-refractivity contribution in [3.05, 3.63) is 66.0 Å². The lowest BCUT2D eigenvalue weighted by Gasteiger charge is -2.05. The SMILES string of the molecule is Cc1nn(-c2ccccc2)nc1C(=O)Nc1ccc(NC(N)=O)cc1. The molecule has 0 aliphatic heterocycles. The minimum Gasteiger partial charge on any atom is -0.351 e. The summed E-state index contributed by atoms with van der Waals surface area (Å²) in [7, 11) is 0. The third-order valence-corrected chi connectivity index (χ3v) is 3.39. The second-order valence-electron chi connectivity index (χ2n) is 5.28. The maximum Gasteiger partial charge on any atom is 0.316 e. The number of carbonyl (C=O) groups excluding carboxylic acids is 2. The molecule has 0 bridgehead atoms. The summed E-state index contributed by atoms with van der Waals surface area (Å²) in [5.41, 5.74) is 7.68. The van der Waals surface area contributed by atoms with Crippen molar-refractivity contribution in [3.8, 4) is 5.69 Å². The van der Waals surface area contributed by atoms with Gasteiger partial charge in [-0.3, -0.25) is 4.79 Å². The highest BCUT2D eigenvalue weighted by molar-refractivity contribution is 6.03. The summed E-state index contributed by atoms with van der Waals surface area (Å²) in [6, 6.07) is 15.3. The molecule has 4 N–H and O–H groups in total. The summed E-state index contributed by atoms with van der Waals surface area (Å²) in [6.07, 6.45) is 0. The van der Waals surface area contributed by atoms with E-state index >= 15 is 0 Å². The number of primary amides is 1. The molecule has 2 aromatic carbocycles. The third kappa shape index (κ3) is 3.81. The predicted molar refractivity (Wildman–Crippen MR) is 93.7 cm³/mol. The molecule has 0 atom stereocenters. The van der Waals surface area contributed by atoms with Crippen LogP contribution in [-0.2, 0) is 0 Å². The average Bonchev–Trinajstić information content (AvgIpc) is 2.99. The minimum absolute atomic E-state index is 0.239. The van der Waals surface area contributed by atoms with Gasteiger partial charge in [-0.1, -0.05) is 18.2 Å². The summed E-state index contributed by atoms with van der Waals surface area (Å²) in [5, 5.41) is 13.7. The molecule has 0 aliphatic rings. The van der Waals surface area contributed by atoms with Gasteiger partial charge in [-0.15, -0.1) is 5.10 Å². The number of nitrogens with zero attached hydrogens (tertiary/aromatic N) is 3. The molecule has 0 radical (unpaired) electrons. The van der Waals surface area contributed by atoms with Crippen molar-refractivity contribution >= 4 is 23.3 Å². The van der Waals surface area contributed by atoms with Crippen molar-refractivity contribution in [2.75, 3.05) is 10.6 Å². The molecule has 0 unspecified atom stereocenters. The van der Waals surface area contributed by atoms with Crippen LogP contribution >= 0.6 is 0 Å². The van der Waals surface area contributed by atoms with Crippen LogP contribution < -0.4 is 16.4 Å². The first-order valence-electron chi connectivity index (χ1n) is 7.50. The van der Waals surface area contributed by atoms with E-state index in [2.05, 4.69) is 20.8 Å². The molecule has 1 aromatic heterocycles. The number of para-hydroxylation sites is 1. The minimum atomic E-state index is -0.648. The highest BCUT2D eigenvalue weighted by Gasteiger charge is 2.16. The first kappa shape index (κ1) is 16.2. The maximum atomic E-state index is 12.4. The number of aromatic nitrogens is 3. The lowest BCUT2D eigenvalue weighted by atomic mass is 10.2. The number of carbonyl (C=O) groups is 2. The van der Waals surface area contributed by atoms with Gasteiger partial charge in [-0.2, -0.15) is 9.90 Å². The van der Waals surface area contributed by atoms with Crippen LogP contribution in [0.4, 0.5) is 16.2 Å². The Hall–Kier alpha value is -3.68. The van der Waals surface area contributed by atoms with E-state index in [1.54, 1.807) is 31.2 Å². The number of nitrogens with two attached hydrogens (primary N) is 1. The zero-order valence-corrected chi connectivity index (χ0v) is 13.4. The first-order chi connectivity index (χ1) is 12.0. The van der Waals surface area contributed by atoms with E-state index in [-0.39, 0.29) is 11.6 Å². The molecule has 0 fully saturated rings. The molecule has 3 rings (SSSR count). The number of hydrogen-bond donors (Lipinski definition) is 3. The molecule has 3 aromatic rings. The van der Waals surface area contributed by atoms with Gasteiger partial charge < -0.3 is 16.4 Å². The van der Waals surface area contributed by atoms with Gasteiger partial charge in [0.05, 0.1) is 11.4 Å². The molecule has 25 heavy (non-hydrogen) atoms. The van der Waals surface area contributed by atoms with Crippen molar-refractivity contribution in [3.63, 3.8) is 0 Å². The molecule has 0 aliphatic carbocycles. The Morgan fingerprint density at radius 2 is 1.52 bits per heavy atom. The van der Waals surface area contributed by atoms with Crippen molar-refractivity contribution in [2.24, 2.45) is 5.73 Å². The fourth-order valence-electron chi connectivity index (χ4n) is 2.23. The maximum absolute atomic E-state index is 12.4. The predicted octanol–water partition coefficient (Wildman–Crippen LogP) is 2.32. The van der Waals surface area contributed by atoms with Gasteiger partial charge in [0.1, 0.15) is 0 Å². The fourth-order valence-corrected chi connectivity index (χ4v) is 2.23. The molecule has 0 spiro atoms. The van der Waals surface area contributed by atoms with E-state index in [1.165, 1.54) is 4.80 Å². The molecule has 126 valence electrons. The quantitative estimate of drug-likeness (QED) is 0.678. The normalized spacial score (nSPS) is 10.3. The van der Waals surface area contributed by atoms with Gasteiger partial charge in [0, 0.05) is 11.4 Å². The number of nitrogens with one attached hydrogen (secondary N) is 2. The molecule has 0 saturated heterocycles. The average molecular weight is 336 g/mol. The largest absolute Gasteiger partial charge is 0.351 e. The molecule has 3 amide bonds. The van der Waals surface area contributed by atoms with Crippen LogP contribution in [-0.4, -0.2) is 26.9 Å². The molecule has 8 heteroatoms. The number of hydrogen-bond acceptors (Lipinski definition) is 4. The molecule has 0 saturated carbocycles. The monoisotopic (exact) mass is 336 g/mol. The van der Waals surface area contributed by atoms with Crippen LogP contribution in [0.25, 0.3) is 5.69 Å². The first-order valence-corrected chi connectivity index (χ1v) is 7.50. The second-order valence-corrected chi connectivity index (χ2v) is 5.28. The number of anilines is 2. The van der Waals surface area contributed by atoms with E-state index < -0.39 is 6.03 Å². The van der Waals surface area contributed by atoms with E-state index in [4.69, 9.17) is 5.73 Å². The van der Waals surface area contributed by atoms with Gasteiger partial charge in [0.25, 0.3) is 5.91 Å². The summed E-state index contributed by atoms with van der Waals surface area (Å²) in [6.45, 7) is 1.72. The lowest BCUT2D eigenvalue weighted by molar-refractivity contribution is 0.102. The van der Waals surface area contributed by atoms with Gasteiger partial charge in [0.2, 0.25) is 0 Å². The number of rotatable bonds is 4. The van der Waals surface area contributed by atoms with Crippen molar-refractivity contribution in [2.45, 2.75) is 6.92 Å². The van der Waals surface area contributed by atoms with E-state index in [9.17, 15) is 9.59 Å². The lowest BCUT2D eigenvalue weighted by Crippen LogP contribution is -2.19. The van der Waals surface area contributed by atoms with E-state index in [0.29, 0.717) is 17.1 Å². The number of urea groups is 1. The molecular formula is C17H16N6O2. The Kier molecular flexibility index (Phi) is 4.42. The van der Waals surface area contributed by atoms with Crippen LogP contribution in [0.2, 0.25) is 0 Å². The summed E-state index contributed by atoms with van der Waals surface area (Å²) < 4.78 is 0. The Morgan fingerprint density at radius 3 is 2.12 bits per heavy atom. The Labute approximate surface area is 143 Å². The standard InChI is InChI=1S/C17H16N6O2/c1-11-15(22-23(21-11)14-5-3-2-4-6-14)16(24)19-12-7-9-13(10-8-12)20-17(18)25/h2-10H,1H3,(H,19,24)(H3,18,20,25). The van der Waals surface area contributed by atoms with Crippen LogP contribution in [0.1, 0.15) is 16.2 Å². The smallest absolute Gasteiger partial charge is 0.316 e. The van der Waals surface area contributed by atoms with Crippen molar-refractivity contribution in [1.29, 1.82) is 0 Å². The van der Waals surface area contributed by atoms with Crippen LogP contribution in [0.3, 0.4) is 0 Å². The molecular weight excluding hydrogens is 320 g/mol. The molecule has 1 heterocycles. The van der Waals surface area contributed by atoms with Crippen LogP contribution in [0.15, 0.2) is 54.6 Å². The number of amides is 3. The Bertz CT molecular complexity index is 903. The highest BCUT2D eigenvalue weighted by Crippen LogP contribution is 2.15. The van der Waals surface area contributed by atoms with E-state index in [0.717, 1.165) is 5.69 Å². The zero-order chi connectivity index (χ0) is 17.8. The third-order valence-electron chi connectivity index (χ3n) is 3.39. The summed E-state index contributed by atoms with van der Waals surface area (Å²) in [4.78, 5) is 24.6. The Balaban J connectivity index is 1.75. The van der Waals surface area contributed by atoms with Gasteiger partial charge in [0.15, 0.2) is 5.69 Å².